The third-order valence-electron chi connectivity index (χ3n) is 2.49. The van der Waals surface area contributed by atoms with Crippen LogP contribution >= 0.6 is 0 Å². The van der Waals surface area contributed by atoms with Crippen LogP contribution in [0.15, 0.2) is 34.5 Å². The van der Waals surface area contributed by atoms with E-state index in [1.807, 2.05) is 24.3 Å². The Labute approximate surface area is 108 Å². The van der Waals surface area contributed by atoms with Gasteiger partial charge in [0.2, 0.25) is 0 Å². The molecule has 98 valence electrons. The number of hydrazone groups is 2. The molecule has 19 heavy (non-hydrogen) atoms. The zero-order valence-corrected chi connectivity index (χ0v) is 9.88. The number of amides is 4. The number of nitrogens with two attached hydrogens (primary N) is 2. The molecule has 1 aliphatic rings. The van der Waals surface area contributed by atoms with Crippen molar-refractivity contribution in [2.24, 2.45) is 21.7 Å². The minimum atomic E-state index is -0.745. The lowest BCUT2D eigenvalue weighted by molar-refractivity contribution is 0.248. The Kier molecular flexibility index (Phi) is 3.42. The van der Waals surface area contributed by atoms with Gasteiger partial charge < -0.3 is 11.5 Å². The van der Waals surface area contributed by atoms with E-state index in [-0.39, 0.29) is 0 Å². The highest BCUT2D eigenvalue weighted by Crippen LogP contribution is 2.22. The van der Waals surface area contributed by atoms with Crippen molar-refractivity contribution in [2.45, 2.75) is 6.42 Å². The summed E-state index contributed by atoms with van der Waals surface area (Å²) in [6.07, 6.45) is 0.361. The largest absolute Gasteiger partial charge is 0.350 e. The number of rotatable bonds is 2. The van der Waals surface area contributed by atoms with Gasteiger partial charge in [0.05, 0.1) is 11.4 Å². The van der Waals surface area contributed by atoms with Gasteiger partial charge >= 0.3 is 12.1 Å². The van der Waals surface area contributed by atoms with Gasteiger partial charge in [-0.3, -0.25) is 0 Å². The molecule has 0 heterocycles. The summed E-state index contributed by atoms with van der Waals surface area (Å²) < 4.78 is 0. The summed E-state index contributed by atoms with van der Waals surface area (Å²) in [5.41, 5.74) is 17.1. The summed E-state index contributed by atoms with van der Waals surface area (Å²) >= 11 is 0. The van der Waals surface area contributed by atoms with Gasteiger partial charge in [0.1, 0.15) is 0 Å². The zero-order valence-electron chi connectivity index (χ0n) is 9.88. The van der Waals surface area contributed by atoms with E-state index in [9.17, 15) is 9.59 Å². The summed E-state index contributed by atoms with van der Waals surface area (Å²) in [4.78, 5) is 21.3. The van der Waals surface area contributed by atoms with Crippen LogP contribution in [0.3, 0.4) is 0 Å². The van der Waals surface area contributed by atoms with Gasteiger partial charge in [-0.05, 0) is 0 Å². The Bertz CT molecular complexity index is 542. The molecule has 1 aromatic rings. The molecule has 8 nitrogen and oxygen atoms in total. The average Bonchev–Trinajstić information content (AvgIpc) is 2.72. The number of primary amides is 2. The number of benzene rings is 1. The molecule has 0 aliphatic heterocycles. The molecule has 1 aliphatic carbocycles. The fourth-order valence-electron chi connectivity index (χ4n) is 1.78. The Morgan fingerprint density at radius 2 is 1.37 bits per heavy atom. The minimum Gasteiger partial charge on any atom is -0.350 e. The van der Waals surface area contributed by atoms with Crippen molar-refractivity contribution in [3.05, 3.63) is 35.4 Å². The number of fused-ring (bicyclic) bond motifs is 1. The summed E-state index contributed by atoms with van der Waals surface area (Å²) in [5.74, 6) is 0. The number of carbonyl (C=O) groups excluding carboxylic acids is 2. The lowest BCUT2D eigenvalue weighted by Gasteiger charge is -1.98. The smallest absolute Gasteiger partial charge is 0.332 e. The fourth-order valence-corrected chi connectivity index (χ4v) is 1.78. The standard InChI is InChI=1S/C11H12N6O2/c12-10(18)16-14-8-5-9(15-17-11(13)19)7-4-2-1-3-6(7)8/h1-4H,5H2,(H3,12,16,18)(H3,13,17,19). The molecule has 0 spiro atoms. The number of hydrogen-bond acceptors (Lipinski definition) is 4. The SMILES string of the molecule is NC(=O)NN=C1CC(=NNC(N)=O)c2ccccc21. The number of urea groups is 2. The van der Waals surface area contributed by atoms with Gasteiger partial charge in [0.15, 0.2) is 0 Å². The normalized spacial score (nSPS) is 17.3. The summed E-state index contributed by atoms with van der Waals surface area (Å²) in [6, 6.07) is 5.86. The summed E-state index contributed by atoms with van der Waals surface area (Å²) in [5, 5.41) is 7.82. The van der Waals surface area contributed by atoms with Crippen LogP contribution in [0.5, 0.6) is 0 Å². The van der Waals surface area contributed by atoms with Gasteiger partial charge in [0, 0.05) is 17.5 Å². The highest BCUT2D eigenvalue weighted by molar-refractivity contribution is 6.28. The first-order valence-corrected chi connectivity index (χ1v) is 5.41. The molecular weight excluding hydrogens is 248 g/mol. The number of nitrogens with zero attached hydrogens (tertiary/aromatic N) is 2. The third-order valence-corrected chi connectivity index (χ3v) is 2.49. The van der Waals surface area contributed by atoms with E-state index in [4.69, 9.17) is 11.5 Å². The van der Waals surface area contributed by atoms with E-state index in [0.29, 0.717) is 17.8 Å². The van der Waals surface area contributed by atoms with Gasteiger partial charge in [-0.15, -0.1) is 0 Å². The molecule has 0 saturated heterocycles. The van der Waals surface area contributed by atoms with E-state index in [0.717, 1.165) is 11.1 Å². The van der Waals surface area contributed by atoms with Gasteiger partial charge in [-0.2, -0.15) is 10.2 Å². The molecule has 1 aromatic carbocycles. The molecule has 0 unspecified atom stereocenters. The molecule has 0 fully saturated rings. The second kappa shape index (κ2) is 5.17. The molecule has 8 heteroatoms. The third kappa shape index (κ3) is 2.86. The lowest BCUT2D eigenvalue weighted by Crippen LogP contribution is -2.26. The molecule has 0 atom stereocenters. The Hall–Kier alpha value is -2.90. The van der Waals surface area contributed by atoms with Crippen molar-refractivity contribution < 1.29 is 9.59 Å². The predicted molar refractivity (Wildman–Crippen MR) is 69.6 cm³/mol. The van der Waals surface area contributed by atoms with Crippen molar-refractivity contribution in [3.8, 4) is 0 Å². The van der Waals surface area contributed by atoms with Crippen molar-refractivity contribution in [2.75, 3.05) is 0 Å². The maximum atomic E-state index is 10.7. The highest BCUT2D eigenvalue weighted by Gasteiger charge is 2.24. The second-order valence-corrected chi connectivity index (χ2v) is 3.79. The Morgan fingerprint density at radius 3 is 1.74 bits per heavy atom. The predicted octanol–water partition coefficient (Wildman–Crippen LogP) is -0.165. The molecule has 2 rings (SSSR count). The van der Waals surface area contributed by atoms with Crippen LogP contribution in [0.4, 0.5) is 9.59 Å². The lowest BCUT2D eigenvalue weighted by atomic mass is 10.1. The Balaban J connectivity index is 2.33. The van der Waals surface area contributed by atoms with Gasteiger partial charge in [0.25, 0.3) is 0 Å². The van der Waals surface area contributed by atoms with Crippen LogP contribution in [0.2, 0.25) is 0 Å². The second-order valence-electron chi connectivity index (χ2n) is 3.79. The first-order chi connectivity index (χ1) is 9.08. The van der Waals surface area contributed by atoms with Crippen LogP contribution < -0.4 is 22.3 Å². The van der Waals surface area contributed by atoms with Crippen molar-refractivity contribution >= 4 is 23.5 Å². The monoisotopic (exact) mass is 260 g/mol. The molecule has 0 bridgehead atoms. The maximum absolute atomic E-state index is 10.7. The van der Waals surface area contributed by atoms with Crippen LogP contribution in [0.1, 0.15) is 17.5 Å². The van der Waals surface area contributed by atoms with Crippen molar-refractivity contribution in [3.63, 3.8) is 0 Å². The number of carbonyl (C=O) groups is 2. The minimum absolute atomic E-state index is 0.361. The Morgan fingerprint density at radius 1 is 0.947 bits per heavy atom. The zero-order chi connectivity index (χ0) is 13.8. The number of nitrogens with one attached hydrogen (secondary N) is 2. The van der Waals surface area contributed by atoms with E-state index >= 15 is 0 Å². The van der Waals surface area contributed by atoms with Gasteiger partial charge in [-0.1, -0.05) is 24.3 Å². The van der Waals surface area contributed by atoms with E-state index < -0.39 is 12.1 Å². The molecular formula is C11H12N6O2. The fraction of sp³-hybridized carbons (Fsp3) is 0.0909. The van der Waals surface area contributed by atoms with E-state index in [1.165, 1.54) is 0 Å². The summed E-state index contributed by atoms with van der Waals surface area (Å²) in [6.45, 7) is 0. The van der Waals surface area contributed by atoms with Crippen molar-refractivity contribution in [1.29, 1.82) is 0 Å². The van der Waals surface area contributed by atoms with E-state index in [2.05, 4.69) is 21.1 Å². The van der Waals surface area contributed by atoms with Crippen LogP contribution in [0.25, 0.3) is 0 Å². The molecule has 0 saturated carbocycles. The van der Waals surface area contributed by atoms with Crippen LogP contribution in [0, 0.1) is 0 Å². The molecule has 4 amide bonds. The van der Waals surface area contributed by atoms with Crippen LogP contribution in [-0.4, -0.2) is 23.5 Å². The quantitative estimate of drug-likeness (QED) is 0.549. The highest BCUT2D eigenvalue weighted by atomic mass is 16.2. The first kappa shape index (κ1) is 12.6. The molecule has 0 aromatic heterocycles. The van der Waals surface area contributed by atoms with Crippen LogP contribution in [-0.2, 0) is 0 Å². The molecule has 0 radical (unpaired) electrons. The van der Waals surface area contributed by atoms with E-state index in [1.54, 1.807) is 0 Å². The van der Waals surface area contributed by atoms with Crippen molar-refractivity contribution in [1.82, 2.24) is 10.9 Å². The maximum Gasteiger partial charge on any atom is 0.332 e. The summed E-state index contributed by atoms with van der Waals surface area (Å²) in [7, 11) is 0. The van der Waals surface area contributed by atoms with Gasteiger partial charge in [-0.25, -0.2) is 20.4 Å². The first-order valence-electron chi connectivity index (χ1n) is 5.41. The average molecular weight is 260 g/mol. The number of hydrogen-bond donors (Lipinski definition) is 4. The topological polar surface area (TPSA) is 135 Å². The molecule has 6 N–H and O–H groups in total.